The number of benzene rings is 2. The maximum Gasteiger partial charge on any atom is 0.416 e. The highest BCUT2D eigenvalue weighted by atomic mass is 19.4. The third kappa shape index (κ3) is 3.65. The lowest BCUT2D eigenvalue weighted by Crippen LogP contribution is -2.18. The Morgan fingerprint density at radius 3 is 2.54 bits per heavy atom. The van der Waals surface area contributed by atoms with E-state index in [1.54, 1.807) is 10.8 Å². The SMILES string of the molecule is O=C(Cn1cc(C(=O)C2CC2)c2ccccc21)Nc1cccc(C(F)(F)F)c1. The van der Waals surface area contributed by atoms with Gasteiger partial charge in [-0.25, -0.2) is 0 Å². The highest BCUT2D eigenvalue weighted by molar-refractivity contribution is 6.10. The van der Waals surface area contributed by atoms with E-state index in [0.717, 1.165) is 35.9 Å². The lowest BCUT2D eigenvalue weighted by Gasteiger charge is -2.10. The Kier molecular flexibility index (Phi) is 4.45. The first-order valence-electron chi connectivity index (χ1n) is 8.92. The Hall–Kier alpha value is -3.09. The number of para-hydroxylation sites is 1. The van der Waals surface area contributed by atoms with Crippen molar-refractivity contribution in [2.75, 3.05) is 5.32 Å². The molecule has 4 rings (SSSR count). The van der Waals surface area contributed by atoms with Gasteiger partial charge in [-0.1, -0.05) is 24.3 Å². The maximum atomic E-state index is 12.8. The van der Waals surface area contributed by atoms with Crippen LogP contribution in [0.5, 0.6) is 0 Å². The average Bonchev–Trinajstić information content (AvgIpc) is 3.44. The molecule has 0 spiro atoms. The van der Waals surface area contributed by atoms with Crippen LogP contribution in [0.15, 0.2) is 54.7 Å². The number of hydrogen-bond donors (Lipinski definition) is 1. The summed E-state index contributed by atoms with van der Waals surface area (Å²) in [6.07, 6.45) is -1.05. The summed E-state index contributed by atoms with van der Waals surface area (Å²) in [5.41, 5.74) is 0.579. The molecule has 1 aromatic heterocycles. The fraction of sp³-hybridized carbons (Fsp3) is 0.238. The van der Waals surface area contributed by atoms with E-state index < -0.39 is 17.6 Å². The zero-order chi connectivity index (χ0) is 19.9. The van der Waals surface area contributed by atoms with Crippen molar-refractivity contribution >= 4 is 28.3 Å². The van der Waals surface area contributed by atoms with Crippen LogP contribution < -0.4 is 5.32 Å². The summed E-state index contributed by atoms with van der Waals surface area (Å²) >= 11 is 0. The fourth-order valence-corrected chi connectivity index (χ4v) is 3.27. The first-order chi connectivity index (χ1) is 13.3. The number of rotatable bonds is 5. The third-order valence-electron chi connectivity index (χ3n) is 4.79. The predicted octanol–water partition coefficient (Wildman–Crippen LogP) is 4.89. The summed E-state index contributed by atoms with van der Waals surface area (Å²) in [7, 11) is 0. The molecule has 0 radical (unpaired) electrons. The Morgan fingerprint density at radius 2 is 1.82 bits per heavy atom. The van der Waals surface area contributed by atoms with Crippen LogP contribution in [0.2, 0.25) is 0 Å². The summed E-state index contributed by atoms with van der Waals surface area (Å²) < 4.78 is 40.1. The second-order valence-corrected chi connectivity index (χ2v) is 6.95. The summed E-state index contributed by atoms with van der Waals surface area (Å²) in [6.45, 7) is -0.102. The molecule has 3 aromatic rings. The number of hydrogen-bond acceptors (Lipinski definition) is 2. The smallest absolute Gasteiger partial charge is 0.337 e. The second kappa shape index (κ2) is 6.82. The molecule has 1 heterocycles. The molecule has 1 aliphatic carbocycles. The molecule has 1 saturated carbocycles. The van der Waals surface area contributed by atoms with Crippen molar-refractivity contribution in [3.05, 3.63) is 65.9 Å². The predicted molar refractivity (Wildman–Crippen MR) is 99.1 cm³/mol. The van der Waals surface area contributed by atoms with E-state index >= 15 is 0 Å². The van der Waals surface area contributed by atoms with E-state index in [4.69, 9.17) is 0 Å². The van der Waals surface area contributed by atoms with Gasteiger partial charge in [0.05, 0.1) is 5.56 Å². The Bertz CT molecular complexity index is 1060. The first-order valence-corrected chi connectivity index (χ1v) is 8.92. The number of nitrogens with zero attached hydrogens (tertiary/aromatic N) is 1. The van der Waals surface area contributed by atoms with Crippen molar-refractivity contribution in [1.82, 2.24) is 4.57 Å². The molecule has 2 aromatic carbocycles. The number of carbonyl (C=O) groups is 2. The minimum absolute atomic E-state index is 0.0539. The number of ketones is 1. The van der Waals surface area contributed by atoms with Gasteiger partial charge >= 0.3 is 6.18 Å². The van der Waals surface area contributed by atoms with Crippen molar-refractivity contribution < 1.29 is 22.8 Å². The molecular formula is C21H17F3N2O2. The molecule has 0 bridgehead atoms. The highest BCUT2D eigenvalue weighted by Gasteiger charge is 2.32. The molecular weight excluding hydrogens is 369 g/mol. The highest BCUT2D eigenvalue weighted by Crippen LogP contribution is 2.35. The molecule has 1 aliphatic rings. The summed E-state index contributed by atoms with van der Waals surface area (Å²) in [6, 6.07) is 11.8. The van der Waals surface area contributed by atoms with Crippen molar-refractivity contribution in [3.8, 4) is 0 Å². The standard InChI is InChI=1S/C21H17F3N2O2/c22-21(23,24)14-4-3-5-15(10-14)25-19(27)12-26-11-17(20(28)13-8-9-13)16-6-1-2-7-18(16)26/h1-7,10-11,13H,8-9,12H2,(H,25,27). The molecule has 7 heteroatoms. The van der Waals surface area contributed by atoms with Crippen LogP contribution in [0.4, 0.5) is 18.9 Å². The number of amides is 1. The van der Waals surface area contributed by atoms with Gasteiger partial charge in [0.2, 0.25) is 5.91 Å². The largest absolute Gasteiger partial charge is 0.416 e. The van der Waals surface area contributed by atoms with Crippen molar-refractivity contribution in [3.63, 3.8) is 0 Å². The zero-order valence-corrected chi connectivity index (χ0v) is 14.8. The summed E-state index contributed by atoms with van der Waals surface area (Å²) in [5.74, 6) is -0.336. The van der Waals surface area contributed by atoms with Crippen molar-refractivity contribution in [2.45, 2.75) is 25.6 Å². The molecule has 0 aliphatic heterocycles. The van der Waals surface area contributed by atoms with Gasteiger partial charge in [-0.05, 0) is 37.1 Å². The molecule has 0 saturated heterocycles. The molecule has 4 nitrogen and oxygen atoms in total. The first kappa shape index (κ1) is 18.3. The number of carbonyl (C=O) groups excluding carboxylic acids is 2. The number of nitrogens with one attached hydrogen (secondary N) is 1. The third-order valence-corrected chi connectivity index (χ3v) is 4.79. The van der Waals surface area contributed by atoms with Crippen LogP contribution in [0.1, 0.15) is 28.8 Å². The second-order valence-electron chi connectivity index (χ2n) is 6.95. The Balaban J connectivity index is 1.57. The molecule has 1 N–H and O–H groups in total. The van der Waals surface area contributed by atoms with Crippen LogP contribution in [0.3, 0.4) is 0 Å². The quantitative estimate of drug-likeness (QED) is 0.635. The lowest BCUT2D eigenvalue weighted by atomic mass is 10.1. The Labute approximate surface area is 159 Å². The van der Waals surface area contributed by atoms with Crippen molar-refractivity contribution in [1.29, 1.82) is 0 Å². The van der Waals surface area contributed by atoms with Crippen LogP contribution in [-0.2, 0) is 17.5 Å². The molecule has 1 fully saturated rings. The van der Waals surface area contributed by atoms with Crippen LogP contribution >= 0.6 is 0 Å². The number of aromatic nitrogens is 1. The average molecular weight is 386 g/mol. The van der Waals surface area contributed by atoms with E-state index in [0.29, 0.717) is 5.56 Å². The van der Waals surface area contributed by atoms with Gasteiger partial charge < -0.3 is 9.88 Å². The Morgan fingerprint density at radius 1 is 1.07 bits per heavy atom. The monoisotopic (exact) mass is 386 g/mol. The van der Waals surface area contributed by atoms with E-state index in [2.05, 4.69) is 5.32 Å². The van der Waals surface area contributed by atoms with Gasteiger partial charge in [0, 0.05) is 34.3 Å². The van der Waals surface area contributed by atoms with Gasteiger partial charge in [-0.2, -0.15) is 13.2 Å². The van der Waals surface area contributed by atoms with Crippen LogP contribution in [0.25, 0.3) is 10.9 Å². The minimum Gasteiger partial charge on any atom is -0.337 e. The van der Waals surface area contributed by atoms with Gasteiger partial charge in [-0.15, -0.1) is 0 Å². The number of anilines is 1. The maximum absolute atomic E-state index is 12.8. The van der Waals surface area contributed by atoms with Gasteiger partial charge in [0.15, 0.2) is 5.78 Å². The van der Waals surface area contributed by atoms with Gasteiger partial charge in [-0.3, -0.25) is 9.59 Å². The van der Waals surface area contributed by atoms with Crippen molar-refractivity contribution in [2.24, 2.45) is 5.92 Å². The molecule has 0 unspecified atom stereocenters. The fourth-order valence-electron chi connectivity index (χ4n) is 3.27. The minimum atomic E-state index is -4.48. The molecule has 28 heavy (non-hydrogen) atoms. The number of Topliss-reactive ketones (excluding diaryl/α,β-unsaturated/α-hetero) is 1. The number of halogens is 3. The summed E-state index contributed by atoms with van der Waals surface area (Å²) in [5, 5.41) is 3.28. The number of fused-ring (bicyclic) bond motifs is 1. The lowest BCUT2D eigenvalue weighted by molar-refractivity contribution is -0.137. The van der Waals surface area contributed by atoms with Gasteiger partial charge in [0.1, 0.15) is 6.54 Å². The van der Waals surface area contributed by atoms with E-state index in [1.807, 2.05) is 24.3 Å². The molecule has 1 amide bonds. The van der Waals surface area contributed by atoms with E-state index in [9.17, 15) is 22.8 Å². The van der Waals surface area contributed by atoms with Gasteiger partial charge in [0.25, 0.3) is 0 Å². The summed E-state index contributed by atoms with van der Waals surface area (Å²) in [4.78, 5) is 24.9. The van der Waals surface area contributed by atoms with E-state index in [1.165, 1.54) is 12.1 Å². The zero-order valence-electron chi connectivity index (χ0n) is 14.8. The normalized spacial score (nSPS) is 14.2. The van der Waals surface area contributed by atoms with Crippen LogP contribution in [0, 0.1) is 5.92 Å². The topological polar surface area (TPSA) is 51.1 Å². The number of alkyl halides is 3. The molecule has 0 atom stereocenters. The van der Waals surface area contributed by atoms with E-state index in [-0.39, 0.29) is 23.9 Å². The molecule has 144 valence electrons. The van der Waals surface area contributed by atoms with Crippen LogP contribution in [-0.4, -0.2) is 16.3 Å².